The van der Waals surface area contributed by atoms with Gasteiger partial charge in [0, 0.05) is 11.1 Å². The minimum absolute atomic E-state index is 0.147. The van der Waals surface area contributed by atoms with E-state index in [1.54, 1.807) is 24.3 Å². The van der Waals surface area contributed by atoms with Crippen LogP contribution in [-0.4, -0.2) is 18.0 Å². The number of ether oxygens (including phenoxy) is 1. The SMILES string of the molecule is Cc1cc(F)ccc1C1=CC(C)Oc2ccc(C(=O)N=C(N)N)cc21. The van der Waals surface area contributed by atoms with E-state index in [1.807, 2.05) is 19.9 Å². The number of benzene rings is 2. The summed E-state index contributed by atoms with van der Waals surface area (Å²) in [6.45, 7) is 3.76. The molecule has 3 rings (SSSR count). The quantitative estimate of drug-likeness (QED) is 0.650. The Morgan fingerprint density at radius 2 is 1.92 bits per heavy atom. The Kier molecular flexibility index (Phi) is 4.27. The van der Waals surface area contributed by atoms with E-state index in [2.05, 4.69) is 4.99 Å². The number of hydrogen-bond acceptors (Lipinski definition) is 2. The van der Waals surface area contributed by atoms with Crippen molar-refractivity contribution in [2.24, 2.45) is 16.5 Å². The van der Waals surface area contributed by atoms with Crippen molar-refractivity contribution in [3.8, 4) is 5.75 Å². The molecule has 0 aliphatic carbocycles. The Morgan fingerprint density at radius 1 is 1.16 bits per heavy atom. The number of carbonyl (C=O) groups excluding carboxylic acids is 1. The van der Waals surface area contributed by atoms with Gasteiger partial charge in [-0.25, -0.2) is 4.39 Å². The molecular weight excluding hydrogens is 321 g/mol. The summed E-state index contributed by atoms with van der Waals surface area (Å²) in [5, 5.41) is 0. The molecule has 1 atom stereocenters. The molecule has 0 spiro atoms. The van der Waals surface area contributed by atoms with Crippen LogP contribution in [0.15, 0.2) is 47.5 Å². The fourth-order valence-corrected chi connectivity index (χ4v) is 2.88. The van der Waals surface area contributed by atoms with Crippen molar-refractivity contribution in [2.75, 3.05) is 0 Å². The molecule has 1 aliphatic rings. The summed E-state index contributed by atoms with van der Waals surface area (Å²) in [5.41, 5.74) is 14.2. The lowest BCUT2D eigenvalue weighted by Crippen LogP contribution is -2.24. The van der Waals surface area contributed by atoms with Gasteiger partial charge >= 0.3 is 0 Å². The first-order valence-corrected chi connectivity index (χ1v) is 7.78. The van der Waals surface area contributed by atoms with Gasteiger partial charge in [-0.05, 0) is 67.0 Å². The minimum Gasteiger partial charge on any atom is -0.486 e. The summed E-state index contributed by atoms with van der Waals surface area (Å²) in [4.78, 5) is 15.7. The smallest absolute Gasteiger partial charge is 0.280 e. The standard InChI is InChI=1S/C19H18FN3O2/c1-10-7-13(20)4-5-14(10)15-8-11(2)25-17-6-3-12(9-16(15)17)18(24)23-19(21)22/h3-9,11H,1-2H3,(H4,21,22,23,24). The Labute approximate surface area is 144 Å². The number of hydrogen-bond donors (Lipinski definition) is 2. The van der Waals surface area contributed by atoms with Crippen LogP contribution in [0.25, 0.3) is 5.57 Å². The van der Waals surface area contributed by atoms with Gasteiger partial charge in [0.2, 0.25) is 0 Å². The molecular formula is C19H18FN3O2. The monoisotopic (exact) mass is 339 g/mol. The number of aliphatic imine (C=N–C) groups is 1. The molecule has 0 aromatic heterocycles. The molecule has 0 radical (unpaired) electrons. The summed E-state index contributed by atoms with van der Waals surface area (Å²) in [6.07, 6.45) is 1.79. The van der Waals surface area contributed by atoms with Gasteiger partial charge in [0.05, 0.1) is 0 Å². The molecule has 2 aromatic carbocycles. The first-order valence-electron chi connectivity index (χ1n) is 7.78. The van der Waals surface area contributed by atoms with Crippen LogP contribution in [0.4, 0.5) is 4.39 Å². The molecule has 1 heterocycles. The number of nitrogens with two attached hydrogens (primary N) is 2. The predicted octanol–water partition coefficient (Wildman–Crippen LogP) is 2.76. The number of aryl methyl sites for hydroxylation is 1. The van der Waals surface area contributed by atoms with Gasteiger partial charge in [-0.2, -0.15) is 4.99 Å². The lowest BCUT2D eigenvalue weighted by atomic mass is 9.90. The van der Waals surface area contributed by atoms with E-state index >= 15 is 0 Å². The van der Waals surface area contributed by atoms with E-state index in [4.69, 9.17) is 16.2 Å². The average molecular weight is 339 g/mol. The van der Waals surface area contributed by atoms with E-state index in [9.17, 15) is 9.18 Å². The summed E-state index contributed by atoms with van der Waals surface area (Å²) < 4.78 is 19.3. The number of nitrogens with zero attached hydrogens (tertiary/aromatic N) is 1. The molecule has 0 saturated heterocycles. The number of amides is 1. The molecule has 1 unspecified atom stereocenters. The molecule has 1 amide bonds. The highest BCUT2D eigenvalue weighted by molar-refractivity contribution is 6.03. The van der Waals surface area contributed by atoms with Crippen molar-refractivity contribution in [2.45, 2.75) is 20.0 Å². The molecule has 1 aliphatic heterocycles. The number of fused-ring (bicyclic) bond motifs is 1. The van der Waals surface area contributed by atoms with Gasteiger partial charge in [-0.15, -0.1) is 0 Å². The number of carbonyl (C=O) groups is 1. The second-order valence-electron chi connectivity index (χ2n) is 5.92. The van der Waals surface area contributed by atoms with Crippen LogP contribution in [0.3, 0.4) is 0 Å². The normalized spacial score (nSPS) is 15.6. The first-order chi connectivity index (χ1) is 11.8. The van der Waals surface area contributed by atoms with E-state index in [-0.39, 0.29) is 17.9 Å². The highest BCUT2D eigenvalue weighted by atomic mass is 19.1. The topological polar surface area (TPSA) is 90.7 Å². The van der Waals surface area contributed by atoms with Gasteiger partial charge in [0.15, 0.2) is 5.96 Å². The molecule has 2 aromatic rings. The summed E-state index contributed by atoms with van der Waals surface area (Å²) >= 11 is 0. The third kappa shape index (κ3) is 3.38. The molecule has 0 fully saturated rings. The van der Waals surface area contributed by atoms with E-state index in [0.29, 0.717) is 11.3 Å². The summed E-state index contributed by atoms with van der Waals surface area (Å²) in [7, 11) is 0. The van der Waals surface area contributed by atoms with Crippen LogP contribution in [0.5, 0.6) is 5.75 Å². The third-order valence-electron chi connectivity index (χ3n) is 3.94. The molecule has 128 valence electrons. The van der Waals surface area contributed by atoms with Crippen LogP contribution in [0.2, 0.25) is 0 Å². The molecule has 0 bridgehead atoms. The Morgan fingerprint density at radius 3 is 2.60 bits per heavy atom. The lowest BCUT2D eigenvalue weighted by Gasteiger charge is -2.24. The Bertz CT molecular complexity index is 915. The second kappa shape index (κ2) is 6.39. The fraction of sp³-hybridized carbons (Fsp3) is 0.158. The molecule has 0 saturated carbocycles. The first kappa shape index (κ1) is 16.7. The zero-order chi connectivity index (χ0) is 18.1. The largest absolute Gasteiger partial charge is 0.486 e. The van der Waals surface area contributed by atoms with Crippen LogP contribution >= 0.6 is 0 Å². The maximum atomic E-state index is 13.5. The zero-order valence-corrected chi connectivity index (χ0v) is 13.9. The molecule has 25 heavy (non-hydrogen) atoms. The van der Waals surface area contributed by atoms with E-state index < -0.39 is 5.91 Å². The van der Waals surface area contributed by atoms with Crippen molar-refractivity contribution in [1.29, 1.82) is 0 Å². The van der Waals surface area contributed by atoms with Crippen molar-refractivity contribution in [3.05, 3.63) is 70.5 Å². The van der Waals surface area contributed by atoms with Crippen LogP contribution in [0, 0.1) is 12.7 Å². The van der Waals surface area contributed by atoms with Gasteiger partial charge in [-0.3, -0.25) is 4.79 Å². The van der Waals surface area contributed by atoms with Crippen molar-refractivity contribution in [3.63, 3.8) is 0 Å². The highest BCUT2D eigenvalue weighted by Gasteiger charge is 2.22. The maximum Gasteiger partial charge on any atom is 0.280 e. The Hall–Kier alpha value is -3.15. The maximum absolute atomic E-state index is 13.5. The third-order valence-corrected chi connectivity index (χ3v) is 3.94. The van der Waals surface area contributed by atoms with Gasteiger partial charge in [0.1, 0.15) is 17.7 Å². The molecule has 4 N–H and O–H groups in total. The predicted molar refractivity (Wildman–Crippen MR) is 94.9 cm³/mol. The summed E-state index contributed by atoms with van der Waals surface area (Å²) in [6, 6.07) is 9.63. The van der Waals surface area contributed by atoms with Crippen LogP contribution in [-0.2, 0) is 0 Å². The second-order valence-corrected chi connectivity index (χ2v) is 5.92. The lowest BCUT2D eigenvalue weighted by molar-refractivity contribution is 0.100. The number of guanidine groups is 1. The van der Waals surface area contributed by atoms with Crippen molar-refractivity contribution < 1.29 is 13.9 Å². The number of halogens is 1. The Balaban J connectivity index is 2.13. The van der Waals surface area contributed by atoms with Gasteiger partial charge < -0.3 is 16.2 Å². The van der Waals surface area contributed by atoms with E-state index in [0.717, 1.165) is 22.3 Å². The van der Waals surface area contributed by atoms with E-state index in [1.165, 1.54) is 12.1 Å². The van der Waals surface area contributed by atoms with Crippen LogP contribution in [0.1, 0.15) is 34.0 Å². The van der Waals surface area contributed by atoms with Gasteiger partial charge in [-0.1, -0.05) is 6.07 Å². The van der Waals surface area contributed by atoms with Crippen molar-refractivity contribution in [1.82, 2.24) is 0 Å². The van der Waals surface area contributed by atoms with Crippen LogP contribution < -0.4 is 16.2 Å². The minimum atomic E-state index is -0.531. The van der Waals surface area contributed by atoms with Gasteiger partial charge in [0.25, 0.3) is 5.91 Å². The average Bonchev–Trinajstić information content (AvgIpc) is 2.53. The molecule has 6 heteroatoms. The highest BCUT2D eigenvalue weighted by Crippen LogP contribution is 2.38. The molecule has 5 nitrogen and oxygen atoms in total. The van der Waals surface area contributed by atoms with Crippen molar-refractivity contribution >= 4 is 17.4 Å². The summed E-state index contributed by atoms with van der Waals surface area (Å²) in [5.74, 6) is -0.469. The zero-order valence-electron chi connectivity index (χ0n) is 13.9. The fourth-order valence-electron chi connectivity index (χ4n) is 2.88. The number of rotatable bonds is 2.